The number of carbonyl (C=O) groups excluding carboxylic acids is 2. The van der Waals surface area contributed by atoms with Crippen LogP contribution < -0.4 is 4.74 Å². The number of esters is 2. The fourth-order valence-electron chi connectivity index (χ4n) is 1.17. The van der Waals surface area contributed by atoms with Crippen LogP contribution in [0.25, 0.3) is 6.08 Å². The minimum absolute atomic E-state index is 0. The minimum Gasteiger partial charge on any atom is -0.466 e. The molecule has 20 heavy (non-hydrogen) atoms. The molecule has 0 heterocycles. The Labute approximate surface area is 128 Å². The van der Waals surface area contributed by atoms with Gasteiger partial charge in [0.25, 0.3) is 0 Å². The first-order valence-corrected chi connectivity index (χ1v) is 6.28. The van der Waals surface area contributed by atoms with Crippen LogP contribution in [0.4, 0.5) is 0 Å². The van der Waals surface area contributed by atoms with Gasteiger partial charge < -0.3 is 9.47 Å². The van der Waals surface area contributed by atoms with Crippen molar-refractivity contribution in [2.75, 3.05) is 7.11 Å². The van der Waals surface area contributed by atoms with Crippen LogP contribution in [0, 0.1) is 0 Å². The van der Waals surface area contributed by atoms with E-state index in [-0.39, 0.29) is 19.5 Å². The summed E-state index contributed by atoms with van der Waals surface area (Å²) in [5.74, 6) is -0.424. The third kappa shape index (κ3) is 5.76. The van der Waals surface area contributed by atoms with Gasteiger partial charge in [0.2, 0.25) is 0 Å². The lowest BCUT2D eigenvalue weighted by molar-refractivity contribution is -0.136. The third-order valence-electron chi connectivity index (χ3n) is 2.25. The molecule has 0 N–H and O–H groups in total. The molecule has 0 amide bonds. The number of methoxy groups -OCH3 is 1. The molecule has 4 nitrogen and oxygen atoms in total. The summed E-state index contributed by atoms with van der Waals surface area (Å²) in [4.78, 5) is 22.9. The average Bonchev–Trinajstić information content (AvgIpc) is 2.36. The van der Waals surface area contributed by atoms with Crippen LogP contribution in [0.2, 0.25) is 0 Å². The normalized spacial score (nSPS) is 10.8. The van der Waals surface area contributed by atoms with Crippen molar-refractivity contribution in [3.8, 4) is 5.75 Å². The third-order valence-corrected chi connectivity index (χ3v) is 2.48. The summed E-state index contributed by atoms with van der Waals surface area (Å²) in [5.41, 5.74) is 0.635. The van der Waals surface area contributed by atoms with Crippen LogP contribution >= 0.6 is 22.7 Å². The van der Waals surface area contributed by atoms with Gasteiger partial charge in [0.15, 0.2) is 0 Å². The van der Waals surface area contributed by atoms with Crippen molar-refractivity contribution in [1.82, 2.24) is 0 Å². The van der Waals surface area contributed by atoms with Crippen molar-refractivity contribution in [3.63, 3.8) is 0 Å². The Morgan fingerprint density at radius 3 is 2.40 bits per heavy atom. The number of hydrogen-bond donors (Lipinski definition) is 0. The number of para-hydroxylation sites is 1. The second kappa shape index (κ2) is 8.08. The van der Waals surface area contributed by atoms with Gasteiger partial charge in [-0.3, -0.25) is 4.79 Å². The lowest BCUT2D eigenvalue weighted by atomic mass is 10.1. The van der Waals surface area contributed by atoms with Crippen LogP contribution in [0.3, 0.4) is 0 Å². The largest absolute Gasteiger partial charge is 0.466 e. The lowest BCUT2D eigenvalue weighted by Gasteiger charge is -2.17. The first kappa shape index (κ1) is 18.7. The number of rotatable bonds is 4. The summed E-state index contributed by atoms with van der Waals surface area (Å²) in [6.45, 7) is 3.49. The molecule has 1 atom stereocenters. The van der Waals surface area contributed by atoms with Crippen molar-refractivity contribution >= 4 is 40.8 Å². The molecule has 0 saturated carbocycles. The maximum absolute atomic E-state index is 11.8. The van der Waals surface area contributed by atoms with Gasteiger partial charge in [0.05, 0.1) is 12.3 Å². The molecule has 0 fully saturated rings. The average molecular weight is 314 g/mol. The van der Waals surface area contributed by atoms with E-state index in [9.17, 15) is 9.59 Å². The van der Waals surface area contributed by atoms with Gasteiger partial charge in [-0.25, -0.2) is 4.79 Å². The summed E-state index contributed by atoms with van der Waals surface area (Å²) >= 11 is 0. The summed E-state index contributed by atoms with van der Waals surface area (Å²) < 4.78 is 9.82. The fraction of sp³-hybridized carbons (Fsp3) is 0.286. The SMILES string of the molecule is COC(=O)/C=C/c1ccccc1OC(=O)C(C)(C)P.S. The van der Waals surface area contributed by atoms with Crippen LogP contribution in [0.1, 0.15) is 19.4 Å². The fourth-order valence-corrected chi connectivity index (χ4v) is 1.23. The standard InChI is InChI=1S/C14H17O4P.H2S/c1-14(2,19)13(16)18-11-7-5-4-6-10(11)8-9-12(15)17-3;/h4-9H,19H2,1-3H3;1H2/b9-8+;. The van der Waals surface area contributed by atoms with Crippen LogP contribution in [0.5, 0.6) is 5.75 Å². The second-order valence-corrected chi connectivity index (χ2v) is 5.95. The predicted molar refractivity (Wildman–Crippen MR) is 87.3 cm³/mol. The minimum atomic E-state index is -0.667. The Kier molecular flexibility index (Phi) is 7.54. The summed E-state index contributed by atoms with van der Waals surface area (Å²) in [6, 6.07) is 6.97. The summed E-state index contributed by atoms with van der Waals surface area (Å²) in [7, 11) is 3.73. The van der Waals surface area contributed by atoms with Crippen molar-refractivity contribution in [2.45, 2.75) is 19.0 Å². The topological polar surface area (TPSA) is 52.6 Å². The van der Waals surface area contributed by atoms with E-state index in [2.05, 4.69) is 14.0 Å². The number of hydrogen-bond acceptors (Lipinski definition) is 4. The molecule has 0 saturated heterocycles. The molecular weight excluding hydrogens is 295 g/mol. The van der Waals surface area contributed by atoms with Crippen LogP contribution in [-0.2, 0) is 14.3 Å². The highest BCUT2D eigenvalue weighted by Gasteiger charge is 2.24. The summed E-state index contributed by atoms with van der Waals surface area (Å²) in [6.07, 6.45) is 2.82. The van der Waals surface area contributed by atoms with E-state index in [4.69, 9.17) is 4.74 Å². The van der Waals surface area contributed by atoms with Crippen LogP contribution in [-0.4, -0.2) is 24.2 Å². The molecule has 0 aliphatic carbocycles. The first-order valence-electron chi connectivity index (χ1n) is 5.71. The van der Waals surface area contributed by atoms with E-state index in [1.165, 1.54) is 13.2 Å². The van der Waals surface area contributed by atoms with Crippen molar-refractivity contribution in [2.24, 2.45) is 0 Å². The van der Waals surface area contributed by atoms with Crippen molar-refractivity contribution < 1.29 is 19.1 Å². The molecule has 0 aliphatic heterocycles. The van der Waals surface area contributed by atoms with Gasteiger partial charge in [-0.2, -0.15) is 13.5 Å². The molecule has 6 heteroatoms. The zero-order valence-corrected chi connectivity index (χ0v) is 13.8. The molecule has 1 rings (SSSR count). The molecule has 1 aromatic carbocycles. The molecule has 0 bridgehead atoms. The van der Waals surface area contributed by atoms with Gasteiger partial charge >= 0.3 is 11.9 Å². The van der Waals surface area contributed by atoms with Gasteiger partial charge in [-0.05, 0) is 26.0 Å². The molecule has 0 aromatic heterocycles. The molecule has 0 aliphatic rings. The number of benzene rings is 1. The molecule has 0 spiro atoms. The van der Waals surface area contributed by atoms with E-state index < -0.39 is 11.1 Å². The second-order valence-electron chi connectivity index (χ2n) is 4.51. The van der Waals surface area contributed by atoms with E-state index in [0.29, 0.717) is 11.3 Å². The Bertz CT molecular complexity index is 506. The first-order chi connectivity index (χ1) is 8.84. The Morgan fingerprint density at radius 2 is 1.85 bits per heavy atom. The lowest BCUT2D eigenvalue weighted by Crippen LogP contribution is -2.29. The smallest absolute Gasteiger partial charge is 0.330 e. The Morgan fingerprint density at radius 1 is 1.25 bits per heavy atom. The number of carbonyl (C=O) groups is 2. The molecule has 1 aromatic rings. The maximum Gasteiger partial charge on any atom is 0.330 e. The Hall–Kier alpha value is -1.32. The maximum atomic E-state index is 11.8. The summed E-state index contributed by atoms with van der Waals surface area (Å²) in [5, 5.41) is -0.667. The van der Waals surface area contributed by atoms with Gasteiger partial charge in [0.1, 0.15) is 5.75 Å². The highest BCUT2D eigenvalue weighted by molar-refractivity contribution is 7.59. The number of ether oxygens (including phenoxy) is 2. The van der Waals surface area contributed by atoms with E-state index in [0.717, 1.165) is 0 Å². The van der Waals surface area contributed by atoms with Crippen LogP contribution in [0.15, 0.2) is 30.3 Å². The van der Waals surface area contributed by atoms with E-state index in [1.807, 2.05) is 0 Å². The quantitative estimate of drug-likeness (QED) is 0.371. The zero-order chi connectivity index (χ0) is 14.5. The Balaban J connectivity index is 0.00000361. The van der Waals surface area contributed by atoms with Gasteiger partial charge in [0, 0.05) is 11.6 Å². The van der Waals surface area contributed by atoms with Gasteiger partial charge in [-0.1, -0.05) is 18.2 Å². The highest BCUT2D eigenvalue weighted by atomic mass is 32.1. The van der Waals surface area contributed by atoms with E-state index in [1.54, 1.807) is 44.2 Å². The molecular formula is C14H19O4PS. The van der Waals surface area contributed by atoms with Gasteiger partial charge in [-0.15, -0.1) is 9.24 Å². The van der Waals surface area contributed by atoms with Crippen molar-refractivity contribution in [3.05, 3.63) is 35.9 Å². The van der Waals surface area contributed by atoms with E-state index >= 15 is 0 Å². The van der Waals surface area contributed by atoms with Crippen molar-refractivity contribution in [1.29, 1.82) is 0 Å². The predicted octanol–water partition coefficient (Wildman–Crippen LogP) is 2.54. The molecule has 1 unspecified atom stereocenters. The molecule has 0 radical (unpaired) electrons. The monoisotopic (exact) mass is 314 g/mol. The zero-order valence-electron chi connectivity index (χ0n) is 11.7. The highest BCUT2D eigenvalue weighted by Crippen LogP contribution is 2.24. The molecule has 110 valence electrons.